The van der Waals surface area contributed by atoms with Crippen LogP contribution in [0.15, 0.2) is 0 Å². The number of hydrogen-bond donors (Lipinski definition) is 0. The van der Waals surface area contributed by atoms with Crippen LogP contribution in [0.5, 0.6) is 0 Å². The van der Waals surface area contributed by atoms with Gasteiger partial charge < -0.3 is 19.8 Å². The molecule has 0 spiro atoms. The van der Waals surface area contributed by atoms with E-state index in [1.54, 1.807) is 0 Å². The molecule has 5 heteroatoms. The van der Waals surface area contributed by atoms with E-state index in [1.165, 1.54) is 0 Å². The third-order valence-corrected chi connectivity index (χ3v) is 2.01. The minimum Gasteiger partial charge on any atom is -0.550 e. The minimum absolute atomic E-state index is 0. The molecule has 0 aromatic heterocycles. The normalized spacial score (nSPS) is 9.33. The Bertz CT molecular complexity index is 162. The maximum absolute atomic E-state index is 10.0. The smallest absolute Gasteiger partial charge is 0.550 e. The Labute approximate surface area is 127 Å². The topological polar surface area (TPSA) is 80.3 Å². The predicted molar refractivity (Wildman–Crippen MR) is 52.7 cm³/mol. The zero-order valence-corrected chi connectivity index (χ0v) is 12.5. The monoisotopic (exact) mass is 288 g/mol. The molecule has 0 N–H and O–H groups in total. The summed E-state index contributed by atoms with van der Waals surface area (Å²) in [6.45, 7) is 0. The van der Waals surface area contributed by atoms with Gasteiger partial charge in [-0.1, -0.05) is 25.7 Å². The third-order valence-electron chi connectivity index (χ3n) is 2.01. The molecule has 0 bridgehead atoms. The Morgan fingerprint density at radius 2 is 0.933 bits per heavy atom. The molecule has 82 valence electrons. The molecule has 0 atom stereocenters. The molecule has 0 heterocycles. The Kier molecular flexibility index (Phi) is 14.8. The molecule has 0 aliphatic rings. The SMILES string of the molecule is O=C([O-])CCCCCCCCC(=O)[O-].[Sr+2]. The van der Waals surface area contributed by atoms with Gasteiger partial charge in [0.25, 0.3) is 0 Å². The average molecular weight is 288 g/mol. The first-order valence-corrected chi connectivity index (χ1v) is 5.02. The molecule has 15 heavy (non-hydrogen) atoms. The van der Waals surface area contributed by atoms with Crippen molar-refractivity contribution >= 4 is 57.4 Å². The van der Waals surface area contributed by atoms with Crippen LogP contribution in [0.3, 0.4) is 0 Å². The van der Waals surface area contributed by atoms with Gasteiger partial charge in [0, 0.05) is 11.9 Å². The summed E-state index contributed by atoms with van der Waals surface area (Å²) < 4.78 is 0. The van der Waals surface area contributed by atoms with Gasteiger partial charge >= 0.3 is 45.5 Å². The average Bonchev–Trinajstić information content (AvgIpc) is 2.08. The summed E-state index contributed by atoms with van der Waals surface area (Å²) in [7, 11) is 0. The maximum atomic E-state index is 10.0. The fourth-order valence-electron chi connectivity index (χ4n) is 1.25. The van der Waals surface area contributed by atoms with Crippen LogP contribution in [-0.4, -0.2) is 57.4 Å². The quantitative estimate of drug-likeness (QED) is 0.412. The second-order valence-electron chi connectivity index (χ2n) is 3.37. The summed E-state index contributed by atoms with van der Waals surface area (Å²) in [6.07, 6.45) is 5.23. The number of unbranched alkanes of at least 4 members (excludes halogenated alkanes) is 5. The van der Waals surface area contributed by atoms with Crippen LogP contribution in [-0.2, 0) is 9.59 Å². The van der Waals surface area contributed by atoms with Crippen LogP contribution in [0.2, 0.25) is 0 Å². The van der Waals surface area contributed by atoms with Gasteiger partial charge in [-0.15, -0.1) is 0 Å². The van der Waals surface area contributed by atoms with Crippen LogP contribution >= 0.6 is 0 Å². The summed E-state index contributed by atoms with van der Waals surface area (Å²) >= 11 is 0. The van der Waals surface area contributed by atoms with E-state index < -0.39 is 11.9 Å². The number of carboxylic acids is 2. The van der Waals surface area contributed by atoms with E-state index in [4.69, 9.17) is 0 Å². The van der Waals surface area contributed by atoms with Crippen LogP contribution < -0.4 is 10.2 Å². The van der Waals surface area contributed by atoms with Gasteiger partial charge in [-0.25, -0.2) is 0 Å². The molecular weight excluding hydrogens is 272 g/mol. The van der Waals surface area contributed by atoms with Gasteiger partial charge in [-0.3, -0.25) is 0 Å². The molecule has 0 fully saturated rings. The molecule has 0 amide bonds. The summed E-state index contributed by atoms with van der Waals surface area (Å²) in [5, 5.41) is 20.1. The number of hydrogen-bond acceptors (Lipinski definition) is 4. The van der Waals surface area contributed by atoms with E-state index in [2.05, 4.69) is 0 Å². The Balaban J connectivity index is 0. The summed E-state index contributed by atoms with van der Waals surface area (Å²) in [5.41, 5.74) is 0. The first kappa shape index (κ1) is 17.8. The molecule has 0 radical (unpaired) electrons. The number of aliphatic carboxylic acids is 2. The standard InChI is InChI=1S/C10H18O4.Sr/c11-9(12)7-5-3-1-2-4-6-8-10(13)14;/h1-8H2,(H,11,12)(H,13,14);/q;+2/p-2. The molecule has 0 unspecified atom stereocenters. The molecule has 0 saturated heterocycles. The van der Waals surface area contributed by atoms with Gasteiger partial charge in [0.05, 0.1) is 0 Å². The molecular formula is C10H16O4Sr. The fraction of sp³-hybridized carbons (Fsp3) is 0.800. The van der Waals surface area contributed by atoms with Gasteiger partial charge in [0.15, 0.2) is 0 Å². The van der Waals surface area contributed by atoms with Crippen molar-refractivity contribution in [3.63, 3.8) is 0 Å². The second-order valence-corrected chi connectivity index (χ2v) is 3.37. The first-order valence-electron chi connectivity index (χ1n) is 5.02. The zero-order chi connectivity index (χ0) is 10.8. The summed E-state index contributed by atoms with van der Waals surface area (Å²) in [6, 6.07) is 0. The Hall–Kier alpha value is 0.421. The zero-order valence-electron chi connectivity index (χ0n) is 9.00. The van der Waals surface area contributed by atoms with Crippen molar-refractivity contribution < 1.29 is 19.8 Å². The molecule has 0 aliphatic heterocycles. The van der Waals surface area contributed by atoms with Crippen molar-refractivity contribution in [3.8, 4) is 0 Å². The molecule has 0 rings (SSSR count). The van der Waals surface area contributed by atoms with Crippen molar-refractivity contribution in [2.24, 2.45) is 0 Å². The van der Waals surface area contributed by atoms with Crippen LogP contribution in [0.1, 0.15) is 51.4 Å². The van der Waals surface area contributed by atoms with Gasteiger partial charge in [-0.05, 0) is 25.7 Å². The molecule has 4 nitrogen and oxygen atoms in total. The van der Waals surface area contributed by atoms with E-state index >= 15 is 0 Å². The van der Waals surface area contributed by atoms with Crippen LogP contribution in [0.4, 0.5) is 0 Å². The summed E-state index contributed by atoms with van der Waals surface area (Å²) in [5.74, 6) is -2.00. The Morgan fingerprint density at radius 1 is 0.667 bits per heavy atom. The number of carbonyl (C=O) groups is 2. The second kappa shape index (κ2) is 12.5. The van der Waals surface area contributed by atoms with Gasteiger partial charge in [-0.2, -0.15) is 0 Å². The van der Waals surface area contributed by atoms with Crippen LogP contribution in [0.25, 0.3) is 0 Å². The third kappa shape index (κ3) is 17.1. The largest absolute Gasteiger partial charge is 2.00 e. The van der Waals surface area contributed by atoms with E-state index in [0.29, 0.717) is 12.8 Å². The molecule has 0 aromatic carbocycles. The van der Waals surface area contributed by atoms with Crippen LogP contribution in [0, 0.1) is 0 Å². The van der Waals surface area contributed by atoms with E-state index in [9.17, 15) is 19.8 Å². The van der Waals surface area contributed by atoms with Crippen molar-refractivity contribution in [2.75, 3.05) is 0 Å². The van der Waals surface area contributed by atoms with Gasteiger partial charge in [0.1, 0.15) is 0 Å². The maximum Gasteiger partial charge on any atom is 2.00 e. The van der Waals surface area contributed by atoms with Gasteiger partial charge in [0.2, 0.25) is 0 Å². The van der Waals surface area contributed by atoms with Crippen molar-refractivity contribution in [1.82, 2.24) is 0 Å². The minimum atomic E-state index is -0.998. The molecule has 0 aromatic rings. The van der Waals surface area contributed by atoms with E-state index in [1.807, 2.05) is 0 Å². The van der Waals surface area contributed by atoms with E-state index in [0.717, 1.165) is 25.7 Å². The number of rotatable bonds is 9. The number of carbonyl (C=O) groups excluding carboxylic acids is 2. The van der Waals surface area contributed by atoms with Crippen molar-refractivity contribution in [1.29, 1.82) is 0 Å². The number of carboxylic acid groups (broad SMARTS) is 2. The Morgan fingerprint density at radius 3 is 1.20 bits per heavy atom. The summed E-state index contributed by atoms with van der Waals surface area (Å²) in [4.78, 5) is 20.1. The van der Waals surface area contributed by atoms with Crippen molar-refractivity contribution in [2.45, 2.75) is 51.4 Å². The predicted octanol–water partition coefficient (Wildman–Crippen LogP) is -0.774. The molecule has 0 saturated carbocycles. The van der Waals surface area contributed by atoms with E-state index in [-0.39, 0.29) is 58.3 Å². The fourth-order valence-corrected chi connectivity index (χ4v) is 1.25. The first-order chi connectivity index (χ1) is 6.63. The van der Waals surface area contributed by atoms with Crippen molar-refractivity contribution in [3.05, 3.63) is 0 Å². The molecule has 0 aliphatic carbocycles.